The molecule has 0 unspecified atom stereocenters. The summed E-state index contributed by atoms with van der Waals surface area (Å²) in [4.78, 5) is 39.3. The molecule has 0 radical (unpaired) electrons. The zero-order valence-electron chi connectivity index (χ0n) is 14.2. The number of amides is 3. The van der Waals surface area contributed by atoms with Gasteiger partial charge in [0.1, 0.15) is 0 Å². The maximum absolute atomic E-state index is 12.4. The first-order valence-corrected chi connectivity index (χ1v) is 8.78. The van der Waals surface area contributed by atoms with Gasteiger partial charge in [-0.2, -0.15) is 0 Å². The van der Waals surface area contributed by atoms with Crippen LogP contribution in [-0.2, 0) is 14.4 Å². The van der Waals surface area contributed by atoms with Gasteiger partial charge in [0.05, 0.1) is 12.6 Å². The highest BCUT2D eigenvalue weighted by atomic mass is 16.2. The standard InChI is InChI=1S/C18H24N4O3/c19-18(25)15-7-1-2-9-21(15)12-16(23)20-13-5-3-6-14(11-13)22-10-4-8-17(22)24/h3,5-6,11,15H,1-2,4,7-10,12H2,(H2,19,25)(H,20,23)/t15-/m1/s1. The van der Waals surface area contributed by atoms with Crippen molar-refractivity contribution in [3.63, 3.8) is 0 Å². The molecule has 7 nitrogen and oxygen atoms in total. The normalized spacial score (nSPS) is 21.4. The highest BCUT2D eigenvalue weighted by molar-refractivity contribution is 5.97. The second-order valence-corrected chi connectivity index (χ2v) is 6.63. The maximum atomic E-state index is 12.4. The molecule has 2 aliphatic rings. The van der Waals surface area contributed by atoms with E-state index in [0.717, 1.165) is 24.9 Å². The Balaban J connectivity index is 1.63. The molecule has 1 aromatic rings. The van der Waals surface area contributed by atoms with Gasteiger partial charge in [0.15, 0.2) is 0 Å². The number of piperidine rings is 1. The number of nitrogens with two attached hydrogens (primary N) is 1. The number of hydrogen-bond donors (Lipinski definition) is 2. The van der Waals surface area contributed by atoms with E-state index in [4.69, 9.17) is 5.73 Å². The minimum absolute atomic E-state index is 0.112. The summed E-state index contributed by atoms with van der Waals surface area (Å²) in [5.74, 6) is -0.443. The van der Waals surface area contributed by atoms with E-state index in [1.165, 1.54) is 0 Å². The van der Waals surface area contributed by atoms with Crippen molar-refractivity contribution in [2.24, 2.45) is 5.73 Å². The molecule has 2 aliphatic heterocycles. The van der Waals surface area contributed by atoms with E-state index >= 15 is 0 Å². The highest BCUT2D eigenvalue weighted by Gasteiger charge is 2.28. The van der Waals surface area contributed by atoms with E-state index in [9.17, 15) is 14.4 Å². The number of likely N-dealkylation sites (tertiary alicyclic amines) is 1. The smallest absolute Gasteiger partial charge is 0.238 e. The van der Waals surface area contributed by atoms with E-state index in [2.05, 4.69) is 5.32 Å². The second kappa shape index (κ2) is 7.65. The molecule has 134 valence electrons. The summed E-state index contributed by atoms with van der Waals surface area (Å²) in [6.07, 6.45) is 4.05. The van der Waals surface area contributed by atoms with Gasteiger partial charge < -0.3 is 16.0 Å². The molecule has 0 spiro atoms. The van der Waals surface area contributed by atoms with E-state index in [0.29, 0.717) is 31.6 Å². The fourth-order valence-corrected chi connectivity index (χ4v) is 3.56. The van der Waals surface area contributed by atoms with Crippen molar-refractivity contribution >= 4 is 29.1 Å². The van der Waals surface area contributed by atoms with Crippen molar-refractivity contribution in [1.82, 2.24) is 4.90 Å². The van der Waals surface area contributed by atoms with Gasteiger partial charge in [-0.15, -0.1) is 0 Å². The minimum Gasteiger partial charge on any atom is -0.368 e. The van der Waals surface area contributed by atoms with Gasteiger partial charge in [0.2, 0.25) is 17.7 Å². The van der Waals surface area contributed by atoms with Crippen LogP contribution in [0.4, 0.5) is 11.4 Å². The Morgan fingerprint density at radius 2 is 2.04 bits per heavy atom. The van der Waals surface area contributed by atoms with Crippen molar-refractivity contribution in [1.29, 1.82) is 0 Å². The van der Waals surface area contributed by atoms with Crippen molar-refractivity contribution in [2.75, 3.05) is 29.9 Å². The third-order valence-electron chi connectivity index (χ3n) is 4.80. The molecule has 25 heavy (non-hydrogen) atoms. The molecule has 0 saturated carbocycles. The average Bonchev–Trinajstić information content (AvgIpc) is 3.01. The first-order chi connectivity index (χ1) is 12.0. The van der Waals surface area contributed by atoms with Crippen molar-refractivity contribution in [2.45, 2.75) is 38.1 Å². The second-order valence-electron chi connectivity index (χ2n) is 6.63. The van der Waals surface area contributed by atoms with Crippen LogP contribution in [0.3, 0.4) is 0 Å². The molecule has 0 aromatic heterocycles. The highest BCUT2D eigenvalue weighted by Crippen LogP contribution is 2.24. The van der Waals surface area contributed by atoms with Gasteiger partial charge in [-0.25, -0.2) is 0 Å². The lowest BCUT2D eigenvalue weighted by atomic mass is 10.0. The van der Waals surface area contributed by atoms with Crippen LogP contribution in [0.5, 0.6) is 0 Å². The Bertz CT molecular complexity index is 676. The van der Waals surface area contributed by atoms with Crippen molar-refractivity contribution in [3.05, 3.63) is 24.3 Å². The molecule has 0 bridgehead atoms. The van der Waals surface area contributed by atoms with Gasteiger partial charge in [-0.1, -0.05) is 12.5 Å². The number of anilines is 2. The van der Waals surface area contributed by atoms with Gasteiger partial charge in [0.25, 0.3) is 0 Å². The van der Waals surface area contributed by atoms with Gasteiger partial charge in [-0.3, -0.25) is 19.3 Å². The zero-order chi connectivity index (χ0) is 17.8. The predicted molar refractivity (Wildman–Crippen MR) is 95.1 cm³/mol. The fraction of sp³-hybridized carbons (Fsp3) is 0.500. The Morgan fingerprint density at radius 3 is 2.76 bits per heavy atom. The van der Waals surface area contributed by atoms with Crippen LogP contribution < -0.4 is 16.0 Å². The Morgan fingerprint density at radius 1 is 1.20 bits per heavy atom. The first-order valence-electron chi connectivity index (χ1n) is 8.78. The Hall–Kier alpha value is -2.41. The third-order valence-corrected chi connectivity index (χ3v) is 4.80. The van der Waals surface area contributed by atoms with Crippen LogP contribution >= 0.6 is 0 Å². The SMILES string of the molecule is NC(=O)[C@H]1CCCCN1CC(=O)Nc1cccc(N2CCCC2=O)c1. The number of benzene rings is 1. The lowest BCUT2D eigenvalue weighted by molar-refractivity contribution is -0.126. The number of rotatable bonds is 5. The molecule has 3 amide bonds. The number of nitrogens with zero attached hydrogens (tertiary/aromatic N) is 2. The van der Waals surface area contributed by atoms with E-state index in [-0.39, 0.29) is 30.3 Å². The summed E-state index contributed by atoms with van der Waals surface area (Å²) < 4.78 is 0. The molecule has 2 fully saturated rings. The third kappa shape index (κ3) is 4.17. The largest absolute Gasteiger partial charge is 0.368 e. The molecule has 2 heterocycles. The summed E-state index contributed by atoms with van der Waals surface area (Å²) in [6.45, 7) is 1.55. The van der Waals surface area contributed by atoms with E-state index < -0.39 is 0 Å². The minimum atomic E-state index is -0.373. The molecule has 3 rings (SSSR count). The molecular weight excluding hydrogens is 320 g/mol. The number of carbonyl (C=O) groups excluding carboxylic acids is 3. The summed E-state index contributed by atoms with van der Waals surface area (Å²) >= 11 is 0. The lowest BCUT2D eigenvalue weighted by Gasteiger charge is -2.32. The first kappa shape index (κ1) is 17.4. The van der Waals surface area contributed by atoms with Crippen LogP contribution in [0.2, 0.25) is 0 Å². The Kier molecular flexibility index (Phi) is 5.33. The van der Waals surface area contributed by atoms with Crippen LogP contribution in [-0.4, -0.2) is 48.3 Å². The number of hydrogen-bond acceptors (Lipinski definition) is 4. The number of carbonyl (C=O) groups is 3. The average molecular weight is 344 g/mol. The quantitative estimate of drug-likeness (QED) is 0.836. The maximum Gasteiger partial charge on any atom is 0.238 e. The van der Waals surface area contributed by atoms with E-state index in [1.807, 2.05) is 23.1 Å². The molecule has 1 aromatic carbocycles. The van der Waals surface area contributed by atoms with Crippen LogP contribution in [0.25, 0.3) is 0 Å². The molecule has 2 saturated heterocycles. The summed E-state index contributed by atoms with van der Waals surface area (Å²) in [6, 6.07) is 6.93. The predicted octanol–water partition coefficient (Wildman–Crippen LogP) is 1.09. The number of nitrogens with one attached hydrogen (secondary N) is 1. The van der Waals surface area contributed by atoms with E-state index in [1.54, 1.807) is 11.0 Å². The fourth-order valence-electron chi connectivity index (χ4n) is 3.56. The molecular formula is C18H24N4O3. The Labute approximate surface area is 147 Å². The topological polar surface area (TPSA) is 95.7 Å². The summed E-state index contributed by atoms with van der Waals surface area (Å²) in [5.41, 5.74) is 6.89. The van der Waals surface area contributed by atoms with Gasteiger partial charge in [0, 0.05) is 24.3 Å². The monoisotopic (exact) mass is 344 g/mol. The number of primary amides is 1. The van der Waals surface area contributed by atoms with Crippen LogP contribution in [0.15, 0.2) is 24.3 Å². The van der Waals surface area contributed by atoms with Gasteiger partial charge in [-0.05, 0) is 44.0 Å². The van der Waals surface area contributed by atoms with Crippen LogP contribution in [0.1, 0.15) is 32.1 Å². The summed E-state index contributed by atoms with van der Waals surface area (Å²) in [5, 5.41) is 2.86. The van der Waals surface area contributed by atoms with Crippen molar-refractivity contribution < 1.29 is 14.4 Å². The van der Waals surface area contributed by atoms with Gasteiger partial charge >= 0.3 is 0 Å². The molecule has 7 heteroatoms. The molecule has 0 aliphatic carbocycles. The van der Waals surface area contributed by atoms with Crippen LogP contribution in [0, 0.1) is 0 Å². The molecule has 3 N–H and O–H groups in total. The zero-order valence-corrected chi connectivity index (χ0v) is 14.2. The van der Waals surface area contributed by atoms with Crippen molar-refractivity contribution in [3.8, 4) is 0 Å². The lowest BCUT2D eigenvalue weighted by Crippen LogP contribution is -2.50. The molecule has 1 atom stereocenters. The summed E-state index contributed by atoms with van der Waals surface area (Å²) in [7, 11) is 0.